The second-order valence-corrected chi connectivity index (χ2v) is 5.69. The van der Waals surface area contributed by atoms with Crippen LogP contribution in [0.1, 0.15) is 42.6 Å². The Bertz CT molecular complexity index is 881. The molecule has 108 valence electrons. The molecule has 0 spiro atoms. The monoisotopic (exact) mass is 283 g/mol. The van der Waals surface area contributed by atoms with Crippen LogP contribution in [0, 0.1) is 6.92 Å². The van der Waals surface area contributed by atoms with E-state index in [2.05, 4.69) is 27.2 Å². The van der Waals surface area contributed by atoms with Gasteiger partial charge >= 0.3 is 0 Å². The van der Waals surface area contributed by atoms with E-state index in [1.807, 2.05) is 13.0 Å². The fourth-order valence-electron chi connectivity index (χ4n) is 2.82. The topological polar surface area (TPSA) is 78.8 Å². The molecule has 4 rings (SSSR count). The van der Waals surface area contributed by atoms with Crippen LogP contribution in [-0.4, -0.2) is 24.8 Å². The van der Waals surface area contributed by atoms with Crippen LogP contribution >= 0.6 is 0 Å². The average Bonchev–Trinajstić information content (AvgIpc) is 3.09. The Kier molecular flexibility index (Phi) is 2.54. The lowest BCUT2D eigenvalue weighted by Crippen LogP contribution is -2.14. The third-order valence-electron chi connectivity index (χ3n) is 4.15. The molecule has 6 nitrogen and oxygen atoms in total. The highest BCUT2D eigenvalue weighted by molar-refractivity contribution is 5.60. The van der Waals surface area contributed by atoms with E-state index in [4.69, 9.17) is 0 Å². The summed E-state index contributed by atoms with van der Waals surface area (Å²) in [5, 5.41) is 10.4. The third-order valence-corrected chi connectivity index (χ3v) is 4.15. The van der Waals surface area contributed by atoms with E-state index in [0.717, 1.165) is 29.1 Å². The highest BCUT2D eigenvalue weighted by Crippen LogP contribution is 2.39. The van der Waals surface area contributed by atoms with Crippen LogP contribution in [0.15, 0.2) is 16.9 Å². The number of hydrogen-bond acceptors (Lipinski definition) is 3. The van der Waals surface area contributed by atoms with Gasteiger partial charge in [0.05, 0.1) is 5.69 Å². The first kappa shape index (κ1) is 12.4. The summed E-state index contributed by atoms with van der Waals surface area (Å²) in [5.74, 6) is 0.608. The minimum Gasteiger partial charge on any atom is -0.294 e. The summed E-state index contributed by atoms with van der Waals surface area (Å²) in [6, 6.07) is 3.55. The molecule has 1 aliphatic carbocycles. The van der Waals surface area contributed by atoms with Crippen molar-refractivity contribution in [3.8, 4) is 11.4 Å². The van der Waals surface area contributed by atoms with E-state index in [1.165, 1.54) is 23.4 Å². The summed E-state index contributed by atoms with van der Waals surface area (Å²) in [7, 11) is 0. The van der Waals surface area contributed by atoms with Crippen molar-refractivity contribution in [3.05, 3.63) is 39.4 Å². The Labute approximate surface area is 121 Å². The summed E-state index contributed by atoms with van der Waals surface area (Å²) in [6.45, 7) is 4.03. The summed E-state index contributed by atoms with van der Waals surface area (Å²) in [5.41, 5.74) is 5.19. The molecule has 0 bridgehead atoms. The molecule has 1 fully saturated rings. The molecule has 1 aliphatic rings. The fraction of sp³-hybridized carbons (Fsp3) is 0.400. The van der Waals surface area contributed by atoms with Crippen molar-refractivity contribution in [2.45, 2.75) is 39.0 Å². The maximum atomic E-state index is 12.3. The maximum absolute atomic E-state index is 12.3. The molecular formula is C15H17N5O. The van der Waals surface area contributed by atoms with Crippen LogP contribution < -0.4 is 5.56 Å². The Hall–Kier alpha value is -2.37. The fourth-order valence-corrected chi connectivity index (χ4v) is 2.82. The minimum absolute atomic E-state index is 0.103. The van der Waals surface area contributed by atoms with Gasteiger partial charge in [0.2, 0.25) is 0 Å². The van der Waals surface area contributed by atoms with Gasteiger partial charge in [0.1, 0.15) is 5.69 Å². The largest absolute Gasteiger partial charge is 0.294 e. The van der Waals surface area contributed by atoms with Crippen LogP contribution in [-0.2, 0) is 6.42 Å². The quantitative estimate of drug-likeness (QED) is 0.773. The van der Waals surface area contributed by atoms with E-state index in [9.17, 15) is 4.79 Å². The lowest BCUT2D eigenvalue weighted by Gasteiger charge is -1.98. The second-order valence-electron chi connectivity index (χ2n) is 5.69. The van der Waals surface area contributed by atoms with Gasteiger partial charge in [-0.3, -0.25) is 15.0 Å². The van der Waals surface area contributed by atoms with Crippen LogP contribution in [0.5, 0.6) is 0 Å². The number of aromatic amines is 2. The zero-order chi connectivity index (χ0) is 14.6. The first-order valence-electron chi connectivity index (χ1n) is 7.34. The molecule has 3 aromatic rings. The molecule has 3 heterocycles. The Balaban J connectivity index is 1.89. The average molecular weight is 283 g/mol. The first-order chi connectivity index (χ1) is 10.2. The Morgan fingerprint density at radius 1 is 1.33 bits per heavy atom. The van der Waals surface area contributed by atoms with Gasteiger partial charge in [0, 0.05) is 28.9 Å². The predicted molar refractivity (Wildman–Crippen MR) is 79.5 cm³/mol. The van der Waals surface area contributed by atoms with Crippen molar-refractivity contribution in [2.24, 2.45) is 0 Å². The molecule has 21 heavy (non-hydrogen) atoms. The minimum atomic E-state index is -0.103. The molecule has 0 radical (unpaired) electrons. The standard InChI is InChI=1S/C15H17N5O/c1-3-10-8(2)19-20-14(21)7-12(16-15(10)20)13-6-11(17-18-13)9-4-5-9/h6-7,9,19H,3-5H2,1-2H3,(H,17,18). The van der Waals surface area contributed by atoms with Crippen molar-refractivity contribution in [2.75, 3.05) is 0 Å². The van der Waals surface area contributed by atoms with Crippen molar-refractivity contribution < 1.29 is 0 Å². The molecule has 0 amide bonds. The molecule has 0 atom stereocenters. The lowest BCUT2D eigenvalue weighted by molar-refractivity contribution is 0.881. The molecule has 1 saturated carbocycles. The van der Waals surface area contributed by atoms with Crippen molar-refractivity contribution in [1.29, 1.82) is 0 Å². The van der Waals surface area contributed by atoms with Crippen LogP contribution in [0.4, 0.5) is 0 Å². The number of aryl methyl sites for hydroxylation is 2. The number of hydrogen-bond donors (Lipinski definition) is 2. The molecular weight excluding hydrogens is 266 g/mol. The van der Waals surface area contributed by atoms with Crippen molar-refractivity contribution >= 4 is 5.65 Å². The normalized spacial score (nSPS) is 15.0. The molecule has 6 heteroatoms. The number of fused-ring (bicyclic) bond motifs is 1. The van der Waals surface area contributed by atoms with E-state index in [1.54, 1.807) is 0 Å². The molecule has 0 aliphatic heterocycles. The zero-order valence-corrected chi connectivity index (χ0v) is 12.1. The van der Waals surface area contributed by atoms with Crippen molar-refractivity contribution in [1.82, 2.24) is 24.8 Å². The molecule has 0 saturated heterocycles. The van der Waals surface area contributed by atoms with E-state index < -0.39 is 0 Å². The summed E-state index contributed by atoms with van der Waals surface area (Å²) in [4.78, 5) is 16.9. The molecule has 0 aromatic carbocycles. The Morgan fingerprint density at radius 2 is 2.14 bits per heavy atom. The van der Waals surface area contributed by atoms with Gasteiger partial charge in [-0.25, -0.2) is 9.50 Å². The van der Waals surface area contributed by atoms with Gasteiger partial charge in [0.25, 0.3) is 5.56 Å². The second kappa shape index (κ2) is 4.31. The number of aromatic nitrogens is 5. The van der Waals surface area contributed by atoms with Crippen molar-refractivity contribution in [3.63, 3.8) is 0 Å². The highest BCUT2D eigenvalue weighted by Gasteiger charge is 2.26. The van der Waals surface area contributed by atoms with Crippen LogP contribution in [0.2, 0.25) is 0 Å². The molecule has 0 unspecified atom stereocenters. The van der Waals surface area contributed by atoms with E-state index in [-0.39, 0.29) is 5.56 Å². The smallest absolute Gasteiger partial charge is 0.273 e. The van der Waals surface area contributed by atoms with Gasteiger partial charge in [-0.05, 0) is 32.3 Å². The summed E-state index contributed by atoms with van der Waals surface area (Å²) < 4.78 is 1.51. The lowest BCUT2D eigenvalue weighted by atomic mass is 10.2. The van der Waals surface area contributed by atoms with Crippen LogP contribution in [0.25, 0.3) is 17.0 Å². The number of nitrogens with zero attached hydrogens (tertiary/aromatic N) is 3. The van der Waals surface area contributed by atoms with Gasteiger partial charge in [-0.15, -0.1) is 0 Å². The first-order valence-corrected chi connectivity index (χ1v) is 7.34. The zero-order valence-electron chi connectivity index (χ0n) is 12.1. The SMILES string of the molecule is CCc1c(C)[nH]n2c(=O)cc(-c3cc(C4CC4)[nH]n3)nc12. The molecule has 2 N–H and O–H groups in total. The van der Waals surface area contributed by atoms with Gasteiger partial charge in [-0.1, -0.05) is 6.92 Å². The predicted octanol–water partition coefficient (Wildman–Crippen LogP) is 2.16. The highest BCUT2D eigenvalue weighted by atomic mass is 16.1. The van der Waals surface area contributed by atoms with Gasteiger partial charge in [0.15, 0.2) is 5.65 Å². The Morgan fingerprint density at radius 3 is 2.86 bits per heavy atom. The molecule has 3 aromatic heterocycles. The van der Waals surface area contributed by atoms with Crippen LogP contribution in [0.3, 0.4) is 0 Å². The maximum Gasteiger partial charge on any atom is 0.273 e. The number of rotatable bonds is 3. The number of H-pyrrole nitrogens is 2. The summed E-state index contributed by atoms with van der Waals surface area (Å²) in [6.07, 6.45) is 3.27. The van der Waals surface area contributed by atoms with E-state index in [0.29, 0.717) is 17.3 Å². The summed E-state index contributed by atoms with van der Waals surface area (Å²) >= 11 is 0. The third kappa shape index (κ3) is 1.90. The van der Waals surface area contributed by atoms with Gasteiger partial charge < -0.3 is 0 Å². The van der Waals surface area contributed by atoms with E-state index >= 15 is 0 Å². The van der Waals surface area contributed by atoms with Gasteiger partial charge in [-0.2, -0.15) is 5.10 Å². The number of nitrogens with one attached hydrogen (secondary N) is 2.